The van der Waals surface area contributed by atoms with Gasteiger partial charge in [-0.05, 0) is 96.6 Å². The molecular weight excluding hydrogens is 669 g/mol. The molecule has 4 amide bonds. The summed E-state index contributed by atoms with van der Waals surface area (Å²) in [5.74, 6) is -1.79. The standard InChI is InChI=1S/C38H28N6O6S/c45-35-24-34(38(48)43(35)30-19-13-29(14-20-30)42-41-28-9-5-2-6-10-28)51-32-21-15-27(16-22-32)39-37(47)33(40-36(46)26-7-3-1-4-8-26)23-25-11-17-31(18-12-25)44(49)50/h1-23,34H,24H2,(H,39,47)(H,40,46). The fraction of sp³-hybridized carbons (Fsp3) is 0.0526. The number of non-ortho nitro benzene ring substituents is 1. The number of benzene rings is 5. The van der Waals surface area contributed by atoms with Gasteiger partial charge in [0.05, 0.1) is 27.2 Å². The highest BCUT2D eigenvalue weighted by atomic mass is 32.2. The number of hydrogen-bond donors (Lipinski definition) is 2. The molecule has 13 heteroatoms. The van der Waals surface area contributed by atoms with Gasteiger partial charge in [-0.3, -0.25) is 29.3 Å². The van der Waals surface area contributed by atoms with E-state index in [4.69, 9.17) is 0 Å². The van der Waals surface area contributed by atoms with Crippen molar-refractivity contribution in [2.24, 2.45) is 10.2 Å². The molecule has 1 aliphatic heterocycles. The number of thioether (sulfide) groups is 1. The third-order valence-electron chi connectivity index (χ3n) is 7.58. The number of azo groups is 1. The molecule has 0 saturated carbocycles. The zero-order valence-corrected chi connectivity index (χ0v) is 27.5. The average molecular weight is 697 g/mol. The average Bonchev–Trinajstić information content (AvgIpc) is 3.43. The Bertz CT molecular complexity index is 2140. The Hall–Kier alpha value is -6.73. The van der Waals surface area contributed by atoms with Crippen molar-refractivity contribution in [3.8, 4) is 0 Å². The van der Waals surface area contributed by atoms with Gasteiger partial charge in [0.1, 0.15) is 5.70 Å². The lowest BCUT2D eigenvalue weighted by molar-refractivity contribution is -0.384. The first-order valence-corrected chi connectivity index (χ1v) is 16.5. The summed E-state index contributed by atoms with van der Waals surface area (Å²) in [6.45, 7) is 0. The molecule has 51 heavy (non-hydrogen) atoms. The maximum absolute atomic E-state index is 13.4. The van der Waals surface area contributed by atoms with Crippen molar-refractivity contribution >= 4 is 69.9 Å². The van der Waals surface area contributed by atoms with Gasteiger partial charge in [-0.15, -0.1) is 11.8 Å². The minimum Gasteiger partial charge on any atom is -0.321 e. The normalized spacial score (nSPS) is 14.5. The summed E-state index contributed by atoms with van der Waals surface area (Å²) < 4.78 is 0. The van der Waals surface area contributed by atoms with E-state index < -0.39 is 22.0 Å². The fourth-order valence-electron chi connectivity index (χ4n) is 5.03. The molecule has 5 aromatic rings. The van der Waals surface area contributed by atoms with Crippen LogP contribution in [-0.4, -0.2) is 33.8 Å². The van der Waals surface area contributed by atoms with Crippen molar-refractivity contribution in [3.05, 3.63) is 160 Å². The summed E-state index contributed by atoms with van der Waals surface area (Å²) in [5.41, 5.74) is 2.73. The predicted octanol–water partition coefficient (Wildman–Crippen LogP) is 7.84. The number of nitrogens with zero attached hydrogens (tertiary/aromatic N) is 4. The van der Waals surface area contributed by atoms with Crippen molar-refractivity contribution < 1.29 is 24.1 Å². The third kappa shape index (κ3) is 8.66. The van der Waals surface area contributed by atoms with E-state index in [1.807, 2.05) is 30.3 Å². The number of nitrogens with one attached hydrogen (secondary N) is 2. The van der Waals surface area contributed by atoms with E-state index in [0.29, 0.717) is 38.8 Å². The van der Waals surface area contributed by atoms with Crippen molar-refractivity contribution in [2.75, 3.05) is 10.2 Å². The molecule has 12 nitrogen and oxygen atoms in total. The molecule has 0 aromatic heterocycles. The molecular formula is C38H28N6O6S. The van der Waals surface area contributed by atoms with E-state index in [0.717, 1.165) is 0 Å². The van der Waals surface area contributed by atoms with Gasteiger partial charge in [0.2, 0.25) is 11.8 Å². The molecule has 0 spiro atoms. The number of anilines is 2. The Kier molecular flexibility index (Phi) is 10.5. The third-order valence-corrected chi connectivity index (χ3v) is 8.78. The van der Waals surface area contributed by atoms with Crippen molar-refractivity contribution in [1.82, 2.24) is 5.32 Å². The van der Waals surface area contributed by atoms with Crippen molar-refractivity contribution in [2.45, 2.75) is 16.6 Å². The first-order valence-electron chi connectivity index (χ1n) is 15.6. The highest BCUT2D eigenvalue weighted by molar-refractivity contribution is 8.00. The van der Waals surface area contributed by atoms with Crippen LogP contribution in [0, 0.1) is 10.1 Å². The van der Waals surface area contributed by atoms with Gasteiger partial charge < -0.3 is 10.6 Å². The molecule has 252 valence electrons. The Labute approximate surface area is 296 Å². The summed E-state index contributed by atoms with van der Waals surface area (Å²) in [6, 6.07) is 36.6. The highest BCUT2D eigenvalue weighted by Crippen LogP contribution is 2.35. The van der Waals surface area contributed by atoms with Gasteiger partial charge in [-0.1, -0.05) is 36.4 Å². The molecule has 1 fully saturated rings. The van der Waals surface area contributed by atoms with Crippen molar-refractivity contribution in [1.29, 1.82) is 0 Å². The first kappa shape index (κ1) is 34.1. The minimum atomic E-state index is -0.639. The zero-order valence-electron chi connectivity index (χ0n) is 26.7. The maximum Gasteiger partial charge on any atom is 0.272 e. The van der Waals surface area contributed by atoms with Crippen LogP contribution in [0.2, 0.25) is 0 Å². The number of rotatable bonds is 11. The zero-order chi connectivity index (χ0) is 35.7. The summed E-state index contributed by atoms with van der Waals surface area (Å²) in [6.07, 6.45) is 1.44. The number of nitro groups is 1. The molecule has 1 aliphatic rings. The number of nitro benzene ring substituents is 1. The van der Waals surface area contributed by atoms with Crippen molar-refractivity contribution in [3.63, 3.8) is 0 Å². The second-order valence-electron chi connectivity index (χ2n) is 11.1. The predicted molar refractivity (Wildman–Crippen MR) is 194 cm³/mol. The molecule has 0 radical (unpaired) electrons. The van der Waals surface area contributed by atoms with E-state index in [1.54, 1.807) is 78.9 Å². The topological polar surface area (TPSA) is 163 Å². The largest absolute Gasteiger partial charge is 0.321 e. The lowest BCUT2D eigenvalue weighted by Gasteiger charge is -2.15. The number of carbonyl (C=O) groups excluding carboxylic acids is 4. The molecule has 0 bridgehead atoms. The molecule has 1 saturated heterocycles. The summed E-state index contributed by atoms with van der Waals surface area (Å²) in [4.78, 5) is 64.9. The van der Waals surface area contributed by atoms with Crippen LogP contribution in [0.5, 0.6) is 0 Å². The second kappa shape index (κ2) is 15.7. The highest BCUT2D eigenvalue weighted by Gasteiger charge is 2.40. The number of carbonyl (C=O) groups is 4. The Morgan fingerprint density at radius 2 is 1.39 bits per heavy atom. The quantitative estimate of drug-likeness (QED) is 0.0467. The van der Waals surface area contributed by atoms with E-state index in [-0.39, 0.29) is 29.6 Å². The van der Waals surface area contributed by atoms with Gasteiger partial charge in [0.25, 0.3) is 17.5 Å². The lowest BCUT2D eigenvalue weighted by Crippen LogP contribution is -2.31. The van der Waals surface area contributed by atoms with E-state index in [2.05, 4.69) is 20.9 Å². The number of amides is 4. The molecule has 1 heterocycles. The fourth-order valence-corrected chi connectivity index (χ4v) is 6.08. The van der Waals surface area contributed by atoms with E-state index in [1.165, 1.54) is 47.0 Å². The van der Waals surface area contributed by atoms with Gasteiger partial charge in [-0.25, -0.2) is 4.90 Å². The van der Waals surface area contributed by atoms with E-state index in [9.17, 15) is 29.3 Å². The van der Waals surface area contributed by atoms with Crippen LogP contribution >= 0.6 is 11.8 Å². The van der Waals surface area contributed by atoms with Crippen LogP contribution in [0.15, 0.2) is 154 Å². The molecule has 1 unspecified atom stereocenters. The Morgan fingerprint density at radius 1 is 0.784 bits per heavy atom. The van der Waals surface area contributed by atoms with Gasteiger partial charge in [-0.2, -0.15) is 10.2 Å². The van der Waals surface area contributed by atoms with Gasteiger partial charge in [0, 0.05) is 34.7 Å². The SMILES string of the molecule is O=C(Nc1ccc(SC2CC(=O)N(c3ccc(N=Nc4ccccc4)cc3)C2=O)cc1)C(=Cc1ccc([N+](=O)[O-])cc1)NC(=O)c1ccccc1. The van der Waals surface area contributed by atoms with Crippen LogP contribution in [0.1, 0.15) is 22.3 Å². The lowest BCUT2D eigenvalue weighted by atomic mass is 10.1. The Balaban J connectivity index is 1.10. The van der Waals surface area contributed by atoms with Crippen LogP contribution in [0.25, 0.3) is 6.08 Å². The van der Waals surface area contributed by atoms with Crippen LogP contribution in [-0.2, 0) is 14.4 Å². The minimum absolute atomic E-state index is 0.0232. The maximum atomic E-state index is 13.4. The molecule has 5 aromatic carbocycles. The van der Waals surface area contributed by atoms with Gasteiger partial charge in [0.15, 0.2) is 0 Å². The molecule has 2 N–H and O–H groups in total. The van der Waals surface area contributed by atoms with Crippen LogP contribution < -0.4 is 15.5 Å². The van der Waals surface area contributed by atoms with Gasteiger partial charge >= 0.3 is 0 Å². The molecule has 6 rings (SSSR count). The smallest absolute Gasteiger partial charge is 0.272 e. The van der Waals surface area contributed by atoms with E-state index >= 15 is 0 Å². The molecule has 0 aliphatic carbocycles. The second-order valence-corrected chi connectivity index (χ2v) is 12.4. The summed E-state index contributed by atoms with van der Waals surface area (Å²) >= 11 is 1.24. The Morgan fingerprint density at radius 3 is 2.02 bits per heavy atom. The first-order chi connectivity index (χ1) is 24.7. The number of imide groups is 1. The van der Waals surface area contributed by atoms with Crippen LogP contribution in [0.3, 0.4) is 0 Å². The monoisotopic (exact) mass is 696 g/mol. The van der Waals surface area contributed by atoms with Crippen LogP contribution in [0.4, 0.5) is 28.4 Å². The number of hydrogen-bond acceptors (Lipinski definition) is 9. The molecule has 1 atom stereocenters. The summed E-state index contributed by atoms with van der Waals surface area (Å²) in [7, 11) is 0. The summed E-state index contributed by atoms with van der Waals surface area (Å²) in [5, 5.41) is 24.2.